The molecule has 1 saturated heterocycles. The van der Waals surface area contributed by atoms with Crippen molar-refractivity contribution in [3.63, 3.8) is 0 Å². The topological polar surface area (TPSA) is 199 Å². The molecule has 4 N–H and O–H groups in total. The van der Waals surface area contributed by atoms with E-state index in [0.717, 1.165) is 77.4 Å². The maximum absolute atomic E-state index is 10.6. The Morgan fingerprint density at radius 1 is 0.540 bits per heavy atom. The van der Waals surface area contributed by atoms with E-state index >= 15 is 0 Å². The van der Waals surface area contributed by atoms with Crippen molar-refractivity contribution >= 4 is 94.1 Å². The number of aliphatic hydroxyl groups is 4. The number of carbonyl (C=O) groups is 2. The van der Waals surface area contributed by atoms with Crippen LogP contribution in [0.1, 0.15) is 105 Å². The number of ether oxygens (including phenoxy) is 5. The van der Waals surface area contributed by atoms with Gasteiger partial charge in [-0.2, -0.15) is 9.59 Å². The van der Waals surface area contributed by atoms with Crippen molar-refractivity contribution in [1.82, 2.24) is 0 Å². The molecule has 0 aromatic heterocycles. The minimum Gasteiger partial charge on any atom is -0.434 e. The molecule has 1 fully saturated rings. The monoisotopic (exact) mass is 872 g/mol. The van der Waals surface area contributed by atoms with Crippen molar-refractivity contribution in [3.8, 4) is 0 Å². The second-order valence-electron chi connectivity index (χ2n) is 8.72. The molecule has 0 saturated carbocycles. The van der Waals surface area contributed by atoms with E-state index in [2.05, 4.69) is 73.8 Å². The molecule has 1 aliphatic rings. The molecule has 0 atom stereocenters. The lowest BCUT2D eigenvalue weighted by Crippen LogP contribution is -2.11. The molecule has 0 radical (unpaired) electrons. The van der Waals surface area contributed by atoms with Gasteiger partial charge < -0.3 is 44.1 Å². The van der Waals surface area contributed by atoms with Crippen molar-refractivity contribution in [2.45, 2.75) is 105 Å². The first-order valence-electron chi connectivity index (χ1n) is 16.1. The van der Waals surface area contributed by atoms with Crippen LogP contribution in [0.5, 0.6) is 0 Å². The lowest BCUT2D eigenvalue weighted by Gasteiger charge is -2.03. The highest BCUT2D eigenvalue weighted by Gasteiger charge is 2.02. The van der Waals surface area contributed by atoms with Gasteiger partial charge in [0, 0.05) is 88.9 Å². The fourth-order valence-electron chi connectivity index (χ4n) is 2.13. The maximum Gasteiger partial charge on any atom is 0.508 e. The van der Waals surface area contributed by atoms with Crippen LogP contribution < -0.4 is 0 Å². The second-order valence-corrected chi connectivity index (χ2v) is 19.3. The Morgan fingerprint density at radius 3 is 1.02 bits per heavy atom. The van der Waals surface area contributed by atoms with Gasteiger partial charge in [-0.15, -0.1) is 0 Å². The van der Waals surface area contributed by atoms with Gasteiger partial charge in [-0.25, -0.2) is 9.59 Å². The zero-order chi connectivity index (χ0) is 39.2. The summed E-state index contributed by atoms with van der Waals surface area (Å²) in [6.45, 7) is 11.6. The Labute approximate surface area is 326 Å². The largest absolute Gasteiger partial charge is 0.508 e. The number of carbonyl (C=O) groups excluding carboxylic acids is 4. The summed E-state index contributed by atoms with van der Waals surface area (Å²) in [6.07, 6.45) is 11.5. The summed E-state index contributed by atoms with van der Waals surface area (Å²) in [5.41, 5.74) is 0. The molecule has 302 valence electrons. The molecule has 1 heterocycles. The number of aliphatic hydroxyl groups excluding tert-OH is 4. The SMILES string of the molecule is C1CO1.CCCCCO.CCCCCO.CCCCCOC(=O)OCCO.CCCCCOC(=O)OCCO.O=C=O.S=S=S=S=S=S=S=S. The van der Waals surface area contributed by atoms with E-state index in [1.807, 2.05) is 0 Å². The van der Waals surface area contributed by atoms with Crippen LogP contribution in [0.3, 0.4) is 0 Å². The molecule has 0 aromatic rings. The molecule has 0 unspecified atom stereocenters. The summed E-state index contributed by atoms with van der Waals surface area (Å²) in [4.78, 5) is 37.5. The molecular weight excluding hydrogens is 813 g/mol. The van der Waals surface area contributed by atoms with Gasteiger partial charge in [0.25, 0.3) is 0 Å². The van der Waals surface area contributed by atoms with Gasteiger partial charge in [0.2, 0.25) is 0 Å². The first kappa shape index (κ1) is 61.5. The summed E-state index contributed by atoms with van der Waals surface area (Å²) in [5.74, 6) is 0. The number of unbranched alkanes of at least 4 members (excludes halogenated alkanes) is 8. The summed E-state index contributed by atoms with van der Waals surface area (Å²) in [5, 5.41) is 33.0. The average Bonchev–Trinajstić information content (AvgIpc) is 4.02. The lowest BCUT2D eigenvalue weighted by molar-refractivity contribution is -0.191. The summed E-state index contributed by atoms with van der Waals surface area (Å²) in [6, 6.07) is 0. The molecule has 13 nitrogen and oxygen atoms in total. The van der Waals surface area contributed by atoms with E-state index in [-0.39, 0.29) is 32.6 Å². The highest BCUT2D eigenvalue weighted by atomic mass is 33.4. The van der Waals surface area contributed by atoms with Gasteiger partial charge >= 0.3 is 18.5 Å². The van der Waals surface area contributed by atoms with Crippen molar-refractivity contribution in [2.24, 2.45) is 0 Å². The number of epoxide rings is 1. The summed E-state index contributed by atoms with van der Waals surface area (Å²) < 4.78 is 22.8. The molecule has 1 aliphatic heterocycles. The minimum atomic E-state index is -0.694. The molecule has 50 heavy (non-hydrogen) atoms. The van der Waals surface area contributed by atoms with Crippen LogP contribution in [0.15, 0.2) is 0 Å². The van der Waals surface area contributed by atoms with Crippen LogP contribution in [0, 0.1) is 0 Å². The molecule has 1 rings (SSSR count). The molecule has 0 aliphatic carbocycles. The Balaban J connectivity index is -0.000000119. The van der Waals surface area contributed by atoms with Gasteiger partial charge in [-0.05, 0) is 25.7 Å². The Morgan fingerprint density at radius 2 is 0.820 bits per heavy atom. The standard InChI is InChI=1S/2C8H16O4.2C5H12O.C2H4O.CO2.S8/c2*1-2-3-4-6-11-8(10)12-7-5-9;2*1-2-3-4-5-6;1-2-3-1;2-1-3;1-3-5-7-8-6-4-2/h2*9H,2-7H2,1H3;2*6H,2-5H2,1H3;1-2H2;;. The zero-order valence-corrected chi connectivity index (χ0v) is 36.3. The van der Waals surface area contributed by atoms with E-state index in [1.54, 1.807) is 35.5 Å². The van der Waals surface area contributed by atoms with E-state index in [9.17, 15) is 9.59 Å². The molecule has 0 amide bonds. The molecular formula is C29H60O13S8. The highest BCUT2D eigenvalue weighted by Crippen LogP contribution is 1.96. The Bertz CT molecular complexity index is 874. The van der Waals surface area contributed by atoms with E-state index < -0.39 is 12.3 Å². The van der Waals surface area contributed by atoms with Crippen molar-refractivity contribution in [3.05, 3.63) is 0 Å². The van der Waals surface area contributed by atoms with E-state index in [0.29, 0.717) is 26.4 Å². The third-order valence-electron chi connectivity index (χ3n) is 4.42. The predicted octanol–water partition coefficient (Wildman–Crippen LogP) is 4.40. The lowest BCUT2D eigenvalue weighted by atomic mass is 10.3. The van der Waals surface area contributed by atoms with Crippen LogP contribution in [0.2, 0.25) is 0 Å². The van der Waals surface area contributed by atoms with Crippen molar-refractivity contribution in [2.75, 3.05) is 66.1 Å². The zero-order valence-electron chi connectivity index (χ0n) is 29.8. The minimum absolute atomic E-state index is 0.00656. The smallest absolute Gasteiger partial charge is 0.434 e. The van der Waals surface area contributed by atoms with Gasteiger partial charge in [-0.1, -0.05) is 79.1 Å². The Kier molecular flexibility index (Phi) is 86.3. The van der Waals surface area contributed by atoms with E-state index in [4.69, 9.17) is 30.0 Å². The van der Waals surface area contributed by atoms with Crippen LogP contribution in [-0.2, 0) is 109 Å². The maximum atomic E-state index is 10.6. The second kappa shape index (κ2) is 70.1. The van der Waals surface area contributed by atoms with Crippen LogP contribution in [-0.4, -0.2) is 105 Å². The molecule has 21 heteroatoms. The molecule has 0 aromatic carbocycles. The number of rotatable bonds is 18. The fourth-order valence-corrected chi connectivity index (χ4v) is 13.1. The van der Waals surface area contributed by atoms with Crippen molar-refractivity contribution in [1.29, 1.82) is 0 Å². The van der Waals surface area contributed by atoms with Crippen molar-refractivity contribution < 1.29 is 63.3 Å². The molecule has 0 bridgehead atoms. The first-order valence-corrected chi connectivity index (χ1v) is 25.5. The van der Waals surface area contributed by atoms with Gasteiger partial charge in [-0.3, -0.25) is 0 Å². The van der Waals surface area contributed by atoms with Gasteiger partial charge in [0.05, 0.1) is 39.6 Å². The average molecular weight is 873 g/mol. The molecule has 0 spiro atoms. The number of hydrogen-bond donors (Lipinski definition) is 4. The summed E-state index contributed by atoms with van der Waals surface area (Å²) >= 11 is 9.21. The van der Waals surface area contributed by atoms with Crippen LogP contribution >= 0.6 is 0 Å². The van der Waals surface area contributed by atoms with Crippen LogP contribution in [0.25, 0.3) is 0 Å². The summed E-state index contributed by atoms with van der Waals surface area (Å²) in [7, 11) is 9.12. The Hall–Kier alpha value is -0.520. The third kappa shape index (κ3) is 104. The predicted molar refractivity (Wildman–Crippen MR) is 216 cm³/mol. The van der Waals surface area contributed by atoms with Crippen LogP contribution in [0.4, 0.5) is 9.59 Å². The van der Waals surface area contributed by atoms with E-state index in [1.165, 1.54) is 30.6 Å². The van der Waals surface area contributed by atoms with Gasteiger partial charge in [0.15, 0.2) is 0 Å². The first-order chi connectivity index (χ1) is 24.3. The third-order valence-corrected chi connectivity index (χ3v) is 15.5. The number of hydrogen-bond acceptors (Lipinski definition) is 15. The normalized spacial score (nSPS) is 9.36. The fraction of sp³-hybridized carbons (Fsp3) is 0.897. The quantitative estimate of drug-likeness (QED) is 0.0859. The van der Waals surface area contributed by atoms with Gasteiger partial charge in [0.1, 0.15) is 13.2 Å². The highest BCUT2D eigenvalue weighted by molar-refractivity contribution is 8.70.